The summed E-state index contributed by atoms with van der Waals surface area (Å²) >= 11 is 0. The molecular weight excluding hydrogens is 378 g/mol. The first-order valence-electron chi connectivity index (χ1n) is 6.82. The minimum absolute atomic E-state index is 0. The molecule has 3 nitrogen and oxygen atoms in total. The summed E-state index contributed by atoms with van der Waals surface area (Å²) < 4.78 is 71.4. The van der Waals surface area contributed by atoms with Crippen LogP contribution in [0.25, 0.3) is 0 Å². The van der Waals surface area contributed by atoms with E-state index in [1.165, 1.54) is 18.1 Å². The molecule has 0 aromatic heterocycles. The summed E-state index contributed by atoms with van der Waals surface area (Å²) in [5, 5.41) is 2.99. The minimum Gasteiger partial charge on any atom is -0.497 e. The summed E-state index contributed by atoms with van der Waals surface area (Å²) in [6, 6.07) is 1.56. The maximum absolute atomic E-state index is 13.5. The molecule has 1 atom stereocenters. The number of halogens is 7. The Labute approximate surface area is 149 Å². The van der Waals surface area contributed by atoms with E-state index >= 15 is 0 Å². The topological polar surface area (TPSA) is 24.5 Å². The van der Waals surface area contributed by atoms with E-state index in [-0.39, 0.29) is 43.7 Å². The van der Waals surface area contributed by atoms with Crippen molar-refractivity contribution in [2.75, 3.05) is 33.3 Å². The molecule has 0 aliphatic carbocycles. The van der Waals surface area contributed by atoms with Crippen molar-refractivity contribution < 1.29 is 26.7 Å². The highest BCUT2D eigenvalue weighted by atomic mass is 35.5. The van der Waals surface area contributed by atoms with Crippen LogP contribution in [0.3, 0.4) is 0 Å². The molecule has 140 valence electrons. The monoisotopic (exact) mass is 396 g/mol. The lowest BCUT2D eigenvalue weighted by Crippen LogP contribution is -2.47. The fraction of sp³-hybridized carbons (Fsp3) is 0.571. The number of methoxy groups -OCH3 is 1. The summed E-state index contributed by atoms with van der Waals surface area (Å²) in [4.78, 5) is 1.39. The highest BCUT2D eigenvalue weighted by molar-refractivity contribution is 5.85. The standard InChI is InChI=1S/C14H17F5N2O.2ClH/c1-22-9-2-3-10(11(8-9)14(17,18)19)12(13(15)16)21-6-4-20-5-7-21;;/h2-3,8,12-13,20H,4-7H2,1H3;2*1H/t12-;;/m1../s1. The van der Waals surface area contributed by atoms with E-state index < -0.39 is 29.8 Å². The number of ether oxygens (including phenoxy) is 1. The molecule has 1 aromatic carbocycles. The summed E-state index contributed by atoms with van der Waals surface area (Å²) in [6.45, 7) is 1.50. The average molecular weight is 397 g/mol. The van der Waals surface area contributed by atoms with Crippen molar-refractivity contribution >= 4 is 24.8 Å². The number of nitrogens with one attached hydrogen (secondary N) is 1. The minimum atomic E-state index is -4.72. The number of rotatable bonds is 4. The van der Waals surface area contributed by atoms with Crippen molar-refractivity contribution in [3.8, 4) is 5.75 Å². The zero-order valence-corrected chi connectivity index (χ0v) is 14.4. The third-order valence-electron chi connectivity index (χ3n) is 3.67. The van der Waals surface area contributed by atoms with Crippen LogP contribution < -0.4 is 10.1 Å². The van der Waals surface area contributed by atoms with Crippen molar-refractivity contribution in [3.05, 3.63) is 29.3 Å². The van der Waals surface area contributed by atoms with E-state index in [1.807, 2.05) is 0 Å². The van der Waals surface area contributed by atoms with Gasteiger partial charge in [0, 0.05) is 26.2 Å². The van der Waals surface area contributed by atoms with Crippen molar-refractivity contribution in [3.63, 3.8) is 0 Å². The van der Waals surface area contributed by atoms with Gasteiger partial charge in [0.2, 0.25) is 0 Å². The van der Waals surface area contributed by atoms with Crippen LogP contribution >= 0.6 is 24.8 Å². The number of piperazine rings is 1. The first-order valence-corrected chi connectivity index (χ1v) is 6.82. The van der Waals surface area contributed by atoms with Crippen LogP contribution in [0.2, 0.25) is 0 Å². The molecule has 1 heterocycles. The van der Waals surface area contributed by atoms with Gasteiger partial charge in [-0.05, 0) is 17.7 Å². The zero-order valence-electron chi connectivity index (χ0n) is 12.8. The first kappa shape index (κ1) is 23.2. The number of hydrogen-bond donors (Lipinski definition) is 1. The summed E-state index contributed by atoms with van der Waals surface area (Å²) in [5.41, 5.74) is -1.49. The van der Waals surface area contributed by atoms with Gasteiger partial charge in [0.1, 0.15) is 5.75 Å². The van der Waals surface area contributed by atoms with Gasteiger partial charge in [-0.3, -0.25) is 4.90 Å². The zero-order chi connectivity index (χ0) is 16.3. The van der Waals surface area contributed by atoms with Crippen LogP contribution in [0.4, 0.5) is 22.0 Å². The van der Waals surface area contributed by atoms with Crippen molar-refractivity contribution in [1.29, 1.82) is 0 Å². The van der Waals surface area contributed by atoms with E-state index in [1.54, 1.807) is 0 Å². The average Bonchev–Trinajstić information content (AvgIpc) is 2.47. The highest BCUT2D eigenvalue weighted by Crippen LogP contribution is 2.40. The predicted molar refractivity (Wildman–Crippen MR) is 85.7 cm³/mol. The lowest BCUT2D eigenvalue weighted by atomic mass is 9.97. The second-order valence-corrected chi connectivity index (χ2v) is 5.02. The molecule has 0 radical (unpaired) electrons. The molecule has 1 aromatic rings. The van der Waals surface area contributed by atoms with Gasteiger partial charge < -0.3 is 10.1 Å². The van der Waals surface area contributed by atoms with Gasteiger partial charge in [-0.15, -0.1) is 24.8 Å². The van der Waals surface area contributed by atoms with Gasteiger partial charge in [-0.2, -0.15) is 13.2 Å². The van der Waals surface area contributed by atoms with E-state index in [9.17, 15) is 22.0 Å². The van der Waals surface area contributed by atoms with E-state index in [4.69, 9.17) is 4.74 Å². The maximum Gasteiger partial charge on any atom is 0.416 e. The fourth-order valence-corrected chi connectivity index (χ4v) is 2.62. The largest absolute Gasteiger partial charge is 0.497 e. The Kier molecular flexibility index (Phi) is 9.27. The normalized spacial score (nSPS) is 17.0. The molecular formula is C14H19Cl2F5N2O. The molecule has 1 N–H and O–H groups in total. The van der Waals surface area contributed by atoms with Crippen LogP contribution in [0.1, 0.15) is 17.2 Å². The number of hydrogen-bond acceptors (Lipinski definition) is 3. The smallest absolute Gasteiger partial charge is 0.416 e. The lowest BCUT2D eigenvalue weighted by Gasteiger charge is -2.35. The van der Waals surface area contributed by atoms with Crippen molar-refractivity contribution in [2.45, 2.75) is 18.6 Å². The Balaban J connectivity index is 0.00000264. The SMILES string of the molecule is COc1ccc([C@H](C(F)F)N2CCNCC2)c(C(F)(F)F)c1.Cl.Cl. The van der Waals surface area contributed by atoms with Gasteiger partial charge >= 0.3 is 6.18 Å². The third-order valence-corrected chi connectivity index (χ3v) is 3.67. The lowest BCUT2D eigenvalue weighted by molar-refractivity contribution is -0.139. The Morgan fingerprint density at radius 2 is 1.71 bits per heavy atom. The van der Waals surface area contributed by atoms with Crippen LogP contribution in [-0.4, -0.2) is 44.6 Å². The van der Waals surface area contributed by atoms with Crippen molar-refractivity contribution in [2.24, 2.45) is 0 Å². The van der Waals surface area contributed by atoms with Crippen molar-refractivity contribution in [1.82, 2.24) is 10.2 Å². The Bertz CT molecular complexity index is 510. The van der Waals surface area contributed by atoms with E-state index in [0.717, 1.165) is 12.1 Å². The van der Waals surface area contributed by atoms with Gasteiger partial charge in [0.15, 0.2) is 0 Å². The molecule has 0 unspecified atom stereocenters. The first-order chi connectivity index (χ1) is 10.3. The number of nitrogens with zero attached hydrogens (tertiary/aromatic N) is 1. The van der Waals surface area contributed by atoms with E-state index in [2.05, 4.69) is 5.32 Å². The van der Waals surface area contributed by atoms with Gasteiger partial charge in [0.25, 0.3) is 6.43 Å². The second-order valence-electron chi connectivity index (χ2n) is 5.02. The van der Waals surface area contributed by atoms with Gasteiger partial charge in [-0.1, -0.05) is 6.07 Å². The molecule has 0 spiro atoms. The molecule has 1 fully saturated rings. The fourth-order valence-electron chi connectivity index (χ4n) is 2.62. The predicted octanol–water partition coefficient (Wildman–Crippen LogP) is 3.77. The maximum atomic E-state index is 13.5. The third kappa shape index (κ3) is 5.34. The van der Waals surface area contributed by atoms with E-state index in [0.29, 0.717) is 13.1 Å². The molecule has 2 rings (SSSR count). The molecule has 0 bridgehead atoms. The molecule has 1 aliphatic rings. The number of alkyl halides is 5. The summed E-state index contributed by atoms with van der Waals surface area (Å²) in [7, 11) is 1.23. The summed E-state index contributed by atoms with van der Waals surface area (Å²) in [6.07, 6.45) is -7.63. The van der Waals surface area contributed by atoms with Crippen LogP contribution in [0.15, 0.2) is 18.2 Å². The Hall–Kier alpha value is -0.830. The highest BCUT2D eigenvalue weighted by Gasteiger charge is 2.40. The molecule has 1 saturated heterocycles. The quantitative estimate of drug-likeness (QED) is 0.784. The molecule has 10 heteroatoms. The molecule has 1 aliphatic heterocycles. The van der Waals surface area contributed by atoms with Gasteiger partial charge in [-0.25, -0.2) is 8.78 Å². The molecule has 0 amide bonds. The molecule has 24 heavy (non-hydrogen) atoms. The molecule has 0 saturated carbocycles. The Morgan fingerprint density at radius 1 is 1.12 bits per heavy atom. The van der Waals surface area contributed by atoms with Gasteiger partial charge in [0.05, 0.1) is 18.7 Å². The van der Waals surface area contributed by atoms with Crippen LogP contribution in [0, 0.1) is 0 Å². The van der Waals surface area contributed by atoms with Crippen LogP contribution in [0.5, 0.6) is 5.75 Å². The van der Waals surface area contributed by atoms with Crippen LogP contribution in [-0.2, 0) is 6.18 Å². The number of benzene rings is 1. The Morgan fingerprint density at radius 3 is 2.17 bits per heavy atom. The second kappa shape index (κ2) is 9.60. The summed E-state index contributed by atoms with van der Waals surface area (Å²) in [5.74, 6) is -0.00981.